The number of benzene rings is 1. The topological polar surface area (TPSA) is 63.6 Å². The second kappa shape index (κ2) is 14.8. The monoisotopic (exact) mass is 426 g/mol. The van der Waals surface area contributed by atoms with E-state index in [0.717, 1.165) is 25.0 Å². The van der Waals surface area contributed by atoms with E-state index in [0.29, 0.717) is 6.42 Å². The molecule has 1 atom stereocenters. The molecular weight excluding hydrogens is 384 g/mol. The summed E-state index contributed by atoms with van der Waals surface area (Å²) in [6, 6.07) is 6.16. The van der Waals surface area contributed by atoms with Crippen molar-refractivity contribution in [3.8, 4) is 5.75 Å². The summed E-state index contributed by atoms with van der Waals surface area (Å²) < 4.78 is 38.0. The number of hydrogen-bond acceptors (Lipinski definition) is 3. The van der Waals surface area contributed by atoms with Gasteiger partial charge < -0.3 is 4.74 Å². The van der Waals surface area contributed by atoms with E-state index in [1.165, 1.54) is 68.9 Å². The minimum absolute atomic E-state index is 0.360. The maximum Gasteiger partial charge on any atom is 0.268 e. The van der Waals surface area contributed by atoms with Crippen molar-refractivity contribution < 1.29 is 17.7 Å². The van der Waals surface area contributed by atoms with E-state index in [4.69, 9.17) is 4.74 Å². The van der Waals surface area contributed by atoms with Crippen molar-refractivity contribution in [3.63, 3.8) is 0 Å². The molecule has 1 N–H and O–H groups in total. The highest BCUT2D eigenvalue weighted by Crippen LogP contribution is 2.28. The van der Waals surface area contributed by atoms with Gasteiger partial charge in [0.2, 0.25) is 0 Å². The predicted octanol–water partition coefficient (Wildman–Crippen LogP) is 6.76. The Hall–Kier alpha value is -1.07. The van der Waals surface area contributed by atoms with Gasteiger partial charge in [-0.1, -0.05) is 84.3 Å². The Balaban J connectivity index is 2.88. The summed E-state index contributed by atoms with van der Waals surface area (Å²) in [5.41, 5.74) is 2.56. The average Bonchev–Trinajstić information content (AvgIpc) is 2.67. The van der Waals surface area contributed by atoms with Gasteiger partial charge in [0, 0.05) is 0 Å². The van der Waals surface area contributed by atoms with Crippen molar-refractivity contribution in [1.82, 2.24) is 0 Å². The molecule has 0 aliphatic heterocycles. The first-order valence-electron chi connectivity index (χ1n) is 11.6. The highest BCUT2D eigenvalue weighted by Gasteiger charge is 2.19. The van der Waals surface area contributed by atoms with Crippen molar-refractivity contribution in [2.24, 2.45) is 0 Å². The number of rotatable bonds is 17. The van der Waals surface area contributed by atoms with Crippen molar-refractivity contribution >= 4 is 10.1 Å². The lowest BCUT2D eigenvalue weighted by Gasteiger charge is -2.21. The van der Waals surface area contributed by atoms with Crippen LogP contribution in [0.2, 0.25) is 0 Å². The molecule has 0 spiro atoms. The standard InChI is InChI=1S/C24H42O4S/c1-4-7-9-11-13-16-21-17-15-19-24(23(21)18-14-12-10-8-5-2)28-22(6-3)20-29(25,26)27/h15,17,19,22H,4-14,16,18,20H2,1-3H3,(H,25,26,27). The van der Waals surface area contributed by atoms with Gasteiger partial charge in [-0.15, -0.1) is 0 Å². The number of aryl methyl sites for hydroxylation is 1. The van der Waals surface area contributed by atoms with Gasteiger partial charge in [-0.3, -0.25) is 4.55 Å². The van der Waals surface area contributed by atoms with Crippen LogP contribution in [-0.2, 0) is 23.0 Å². The molecule has 1 aromatic rings. The zero-order valence-electron chi connectivity index (χ0n) is 18.8. The van der Waals surface area contributed by atoms with Crippen molar-refractivity contribution in [3.05, 3.63) is 29.3 Å². The van der Waals surface area contributed by atoms with Crippen molar-refractivity contribution in [1.29, 1.82) is 0 Å². The molecule has 0 saturated carbocycles. The molecule has 0 radical (unpaired) electrons. The third-order valence-corrected chi connectivity index (χ3v) is 6.25. The number of unbranched alkanes of at least 4 members (excludes halogenated alkanes) is 8. The Labute approximate surface area is 179 Å². The molecule has 0 amide bonds. The van der Waals surface area contributed by atoms with E-state index in [1.807, 2.05) is 19.1 Å². The second-order valence-corrected chi connectivity index (χ2v) is 9.62. The summed E-state index contributed by atoms with van der Waals surface area (Å²) in [6.07, 6.45) is 14.4. The van der Waals surface area contributed by atoms with Crippen LogP contribution in [0.4, 0.5) is 0 Å². The summed E-state index contributed by atoms with van der Waals surface area (Å²) >= 11 is 0. The van der Waals surface area contributed by atoms with Gasteiger partial charge in [0.1, 0.15) is 17.6 Å². The third kappa shape index (κ3) is 11.6. The van der Waals surface area contributed by atoms with E-state index in [9.17, 15) is 13.0 Å². The Morgan fingerprint density at radius 3 is 2.00 bits per heavy atom. The maximum absolute atomic E-state index is 11.3. The summed E-state index contributed by atoms with van der Waals surface area (Å²) in [5, 5.41) is 0. The first-order valence-corrected chi connectivity index (χ1v) is 13.2. The largest absolute Gasteiger partial charge is 0.489 e. The van der Waals surface area contributed by atoms with Crippen LogP contribution in [0.5, 0.6) is 5.75 Å². The average molecular weight is 427 g/mol. The highest BCUT2D eigenvalue weighted by molar-refractivity contribution is 7.85. The molecule has 0 aliphatic rings. The van der Waals surface area contributed by atoms with Crippen molar-refractivity contribution in [2.45, 2.75) is 110 Å². The molecule has 0 heterocycles. The van der Waals surface area contributed by atoms with Crippen LogP contribution < -0.4 is 4.74 Å². The SMILES string of the molecule is CCCCCCCc1cccc(OC(CC)CS(=O)(=O)O)c1CCCCCCC. The summed E-state index contributed by atoms with van der Waals surface area (Å²) in [6.45, 7) is 6.34. The first kappa shape index (κ1) is 26.0. The van der Waals surface area contributed by atoms with Crippen LogP contribution in [0.15, 0.2) is 18.2 Å². The smallest absolute Gasteiger partial charge is 0.268 e. The summed E-state index contributed by atoms with van der Waals surface area (Å²) in [5.74, 6) is 0.433. The van der Waals surface area contributed by atoms with Gasteiger partial charge in [0.05, 0.1) is 0 Å². The van der Waals surface area contributed by atoms with E-state index >= 15 is 0 Å². The van der Waals surface area contributed by atoms with Gasteiger partial charge in [0.15, 0.2) is 0 Å². The maximum atomic E-state index is 11.3. The lowest BCUT2D eigenvalue weighted by molar-refractivity contribution is 0.214. The van der Waals surface area contributed by atoms with Crippen molar-refractivity contribution in [2.75, 3.05) is 5.75 Å². The minimum Gasteiger partial charge on any atom is -0.489 e. The van der Waals surface area contributed by atoms with E-state index in [1.54, 1.807) is 0 Å². The van der Waals surface area contributed by atoms with E-state index < -0.39 is 16.2 Å². The predicted molar refractivity (Wildman–Crippen MR) is 122 cm³/mol. The molecule has 0 saturated heterocycles. The minimum atomic E-state index is -4.05. The quantitative estimate of drug-likeness (QED) is 0.221. The number of ether oxygens (including phenoxy) is 1. The molecule has 168 valence electrons. The van der Waals surface area contributed by atoms with Crippen LogP contribution in [0.1, 0.15) is 103 Å². The summed E-state index contributed by atoms with van der Waals surface area (Å²) in [7, 11) is -4.05. The molecule has 1 unspecified atom stereocenters. The lowest BCUT2D eigenvalue weighted by atomic mass is 9.95. The van der Waals surface area contributed by atoms with Crippen LogP contribution in [-0.4, -0.2) is 24.8 Å². The van der Waals surface area contributed by atoms with E-state index in [2.05, 4.69) is 19.9 Å². The molecule has 0 aliphatic carbocycles. The third-order valence-electron chi connectivity index (χ3n) is 5.46. The molecule has 1 rings (SSSR count). The number of hydrogen-bond donors (Lipinski definition) is 1. The van der Waals surface area contributed by atoms with Crippen LogP contribution in [0, 0.1) is 0 Å². The molecule has 0 aromatic heterocycles. The fraction of sp³-hybridized carbons (Fsp3) is 0.750. The lowest BCUT2D eigenvalue weighted by Crippen LogP contribution is -2.26. The van der Waals surface area contributed by atoms with Gasteiger partial charge >= 0.3 is 0 Å². The van der Waals surface area contributed by atoms with Gasteiger partial charge in [0.25, 0.3) is 10.1 Å². The van der Waals surface area contributed by atoms with Gasteiger partial charge in [-0.2, -0.15) is 8.42 Å². The fourth-order valence-corrected chi connectivity index (χ4v) is 4.49. The Morgan fingerprint density at radius 1 is 0.862 bits per heavy atom. The summed E-state index contributed by atoms with van der Waals surface area (Å²) in [4.78, 5) is 0. The Kier molecular flexibility index (Phi) is 13.3. The Morgan fingerprint density at radius 2 is 1.45 bits per heavy atom. The van der Waals surface area contributed by atoms with Gasteiger partial charge in [-0.25, -0.2) is 0 Å². The molecule has 4 nitrogen and oxygen atoms in total. The highest BCUT2D eigenvalue weighted by atomic mass is 32.2. The van der Waals surface area contributed by atoms with E-state index in [-0.39, 0.29) is 5.75 Å². The van der Waals surface area contributed by atoms with Crippen LogP contribution >= 0.6 is 0 Å². The molecule has 1 aromatic carbocycles. The molecule has 5 heteroatoms. The molecular formula is C24H42O4S. The second-order valence-electron chi connectivity index (χ2n) is 8.12. The molecule has 0 fully saturated rings. The van der Waals surface area contributed by atoms with Crippen LogP contribution in [0.25, 0.3) is 0 Å². The molecule has 0 bridgehead atoms. The molecule has 29 heavy (non-hydrogen) atoms. The normalized spacial score (nSPS) is 12.8. The zero-order chi connectivity index (χ0) is 21.5. The Bertz CT molecular complexity index is 655. The fourth-order valence-electron chi connectivity index (χ4n) is 3.71. The zero-order valence-corrected chi connectivity index (χ0v) is 19.6. The first-order chi connectivity index (χ1) is 13.9. The van der Waals surface area contributed by atoms with Gasteiger partial charge in [-0.05, 0) is 49.3 Å². The van der Waals surface area contributed by atoms with Crippen LogP contribution in [0.3, 0.4) is 0 Å².